The zero-order valence-electron chi connectivity index (χ0n) is 19.4. The predicted octanol–water partition coefficient (Wildman–Crippen LogP) is 4.07. The van der Waals surface area contributed by atoms with Crippen molar-refractivity contribution in [1.82, 2.24) is 9.97 Å². The summed E-state index contributed by atoms with van der Waals surface area (Å²) in [7, 11) is 0. The monoisotopic (exact) mass is 481 g/mol. The summed E-state index contributed by atoms with van der Waals surface area (Å²) in [6.07, 6.45) is 5.19. The van der Waals surface area contributed by atoms with Gasteiger partial charge in [0.2, 0.25) is 0 Å². The van der Waals surface area contributed by atoms with Crippen molar-refractivity contribution in [3.8, 4) is 17.2 Å². The van der Waals surface area contributed by atoms with E-state index in [1.54, 1.807) is 42.7 Å². The molecule has 2 aromatic heterocycles. The number of amides is 1. The molecule has 1 atom stereocenters. The minimum absolute atomic E-state index is 0.0406. The molecule has 9 heteroatoms. The first-order chi connectivity index (χ1) is 17.4. The van der Waals surface area contributed by atoms with Crippen molar-refractivity contribution in [3.63, 3.8) is 0 Å². The quantitative estimate of drug-likeness (QED) is 0.400. The van der Waals surface area contributed by atoms with E-state index < -0.39 is 11.7 Å². The number of anilines is 3. The van der Waals surface area contributed by atoms with Gasteiger partial charge in [-0.25, -0.2) is 9.37 Å². The van der Waals surface area contributed by atoms with E-state index in [-0.39, 0.29) is 28.6 Å². The summed E-state index contributed by atoms with van der Waals surface area (Å²) in [5.41, 5.74) is 15.3. The third kappa shape index (κ3) is 4.42. The molecule has 4 aromatic rings. The molecule has 8 nitrogen and oxygen atoms in total. The number of benzene rings is 2. The second-order valence-corrected chi connectivity index (χ2v) is 8.80. The Morgan fingerprint density at radius 3 is 2.89 bits per heavy atom. The molecule has 1 aliphatic rings. The summed E-state index contributed by atoms with van der Waals surface area (Å²) in [5, 5.41) is 13.0. The number of aromatic nitrogens is 2. The van der Waals surface area contributed by atoms with E-state index in [2.05, 4.69) is 20.2 Å². The largest absolute Gasteiger partial charge is 0.397 e. The van der Waals surface area contributed by atoms with Crippen LogP contribution in [0.1, 0.15) is 28.9 Å². The van der Waals surface area contributed by atoms with Crippen LogP contribution in [0, 0.1) is 17.1 Å². The fourth-order valence-electron chi connectivity index (χ4n) is 4.60. The lowest BCUT2D eigenvalue weighted by Gasteiger charge is -2.33. The van der Waals surface area contributed by atoms with Crippen molar-refractivity contribution >= 4 is 33.9 Å². The molecule has 5 rings (SSSR count). The minimum atomic E-state index is -0.511. The molecule has 0 saturated carbocycles. The number of hydrogen-bond donors (Lipinski definition) is 3. The standard InChI is InChI=1S/C27H24FN7O/c28-20-5-1-3-18(13-29)25(20)17-7-6-16-11-21(31)26(33-22(16)12-17)27(36)34-23-14-32-9-8-24(23)35-10-2-4-19(30)15-35/h1,3,5-9,11-12,14,19H,2,4,10,15,30-31H2,(H,34,36)/t19-/m0/s1. The zero-order valence-corrected chi connectivity index (χ0v) is 19.4. The van der Waals surface area contributed by atoms with Crippen LogP contribution >= 0.6 is 0 Å². The molecule has 1 amide bonds. The summed E-state index contributed by atoms with van der Waals surface area (Å²) in [6, 6.07) is 15.0. The second-order valence-electron chi connectivity index (χ2n) is 8.80. The molecule has 1 aliphatic heterocycles. The Morgan fingerprint density at radius 2 is 2.08 bits per heavy atom. The Labute approximate surface area is 207 Å². The number of pyridine rings is 2. The molecule has 180 valence electrons. The van der Waals surface area contributed by atoms with Crippen molar-refractivity contribution in [3.05, 3.63) is 78.0 Å². The Balaban J connectivity index is 1.49. The van der Waals surface area contributed by atoms with E-state index >= 15 is 0 Å². The number of piperidine rings is 1. The highest BCUT2D eigenvalue weighted by molar-refractivity contribution is 6.09. The van der Waals surface area contributed by atoms with Crippen LogP contribution in [0.5, 0.6) is 0 Å². The van der Waals surface area contributed by atoms with Gasteiger partial charge in [-0.3, -0.25) is 9.78 Å². The molecular weight excluding hydrogens is 457 g/mol. The predicted molar refractivity (Wildman–Crippen MR) is 138 cm³/mol. The minimum Gasteiger partial charge on any atom is -0.397 e. The third-order valence-electron chi connectivity index (χ3n) is 6.33. The highest BCUT2D eigenvalue weighted by Gasteiger charge is 2.22. The summed E-state index contributed by atoms with van der Waals surface area (Å²) in [5.74, 6) is -0.998. The zero-order chi connectivity index (χ0) is 25.2. The first kappa shape index (κ1) is 23.2. The van der Waals surface area contributed by atoms with Crippen LogP contribution in [0.3, 0.4) is 0 Å². The fourth-order valence-corrected chi connectivity index (χ4v) is 4.60. The molecule has 0 bridgehead atoms. The molecule has 5 N–H and O–H groups in total. The maximum atomic E-state index is 14.6. The fraction of sp³-hybridized carbons (Fsp3) is 0.185. The summed E-state index contributed by atoms with van der Waals surface area (Å²) in [6.45, 7) is 1.52. The van der Waals surface area contributed by atoms with Gasteiger partial charge in [0, 0.05) is 36.3 Å². The lowest BCUT2D eigenvalue weighted by molar-refractivity contribution is 0.102. The molecule has 3 heterocycles. The molecule has 0 spiro atoms. The number of nitrogens with zero attached hydrogens (tertiary/aromatic N) is 4. The number of nitrogens with one attached hydrogen (secondary N) is 1. The number of carbonyl (C=O) groups is 1. The van der Waals surface area contributed by atoms with Gasteiger partial charge in [-0.15, -0.1) is 0 Å². The van der Waals surface area contributed by atoms with Gasteiger partial charge >= 0.3 is 0 Å². The number of nitrogen functional groups attached to an aromatic ring is 1. The molecule has 36 heavy (non-hydrogen) atoms. The number of hydrogen-bond acceptors (Lipinski definition) is 7. The van der Waals surface area contributed by atoms with Crippen LogP contribution in [-0.4, -0.2) is 35.0 Å². The average Bonchev–Trinajstić information content (AvgIpc) is 2.88. The first-order valence-electron chi connectivity index (χ1n) is 11.6. The van der Waals surface area contributed by atoms with Crippen molar-refractivity contribution in [2.24, 2.45) is 5.73 Å². The van der Waals surface area contributed by atoms with E-state index in [1.807, 2.05) is 12.1 Å². The number of fused-ring (bicyclic) bond motifs is 1. The molecule has 2 aromatic carbocycles. The average molecular weight is 482 g/mol. The van der Waals surface area contributed by atoms with Gasteiger partial charge in [-0.2, -0.15) is 5.26 Å². The smallest absolute Gasteiger partial charge is 0.276 e. The number of carbonyl (C=O) groups excluding carboxylic acids is 1. The normalized spacial score (nSPS) is 15.5. The summed E-state index contributed by atoms with van der Waals surface area (Å²) < 4.78 is 14.6. The van der Waals surface area contributed by atoms with E-state index in [0.717, 1.165) is 25.1 Å². The van der Waals surface area contributed by atoms with E-state index in [4.69, 9.17) is 11.5 Å². The Hall–Kier alpha value is -4.55. The van der Waals surface area contributed by atoms with E-state index in [9.17, 15) is 14.4 Å². The summed E-state index contributed by atoms with van der Waals surface area (Å²) in [4.78, 5) is 24.1. The number of nitrogens with two attached hydrogens (primary N) is 2. The summed E-state index contributed by atoms with van der Waals surface area (Å²) >= 11 is 0. The first-order valence-corrected chi connectivity index (χ1v) is 11.6. The van der Waals surface area contributed by atoms with Gasteiger partial charge < -0.3 is 21.7 Å². The Bertz CT molecular complexity index is 1510. The van der Waals surface area contributed by atoms with Crippen molar-refractivity contribution in [1.29, 1.82) is 5.26 Å². The van der Waals surface area contributed by atoms with Crippen LogP contribution in [0.4, 0.5) is 21.5 Å². The molecule has 1 saturated heterocycles. The lowest BCUT2D eigenvalue weighted by atomic mass is 9.98. The Morgan fingerprint density at radius 1 is 1.22 bits per heavy atom. The lowest BCUT2D eigenvalue weighted by Crippen LogP contribution is -2.43. The number of rotatable bonds is 4. The SMILES string of the molecule is N#Cc1cccc(F)c1-c1ccc2cc(N)c(C(=O)Nc3cnccc3N3CCC[C@H](N)C3)nc2c1. The van der Waals surface area contributed by atoms with E-state index in [0.29, 0.717) is 28.7 Å². The van der Waals surface area contributed by atoms with Gasteiger partial charge in [-0.1, -0.05) is 18.2 Å². The van der Waals surface area contributed by atoms with Crippen molar-refractivity contribution in [2.75, 3.05) is 29.0 Å². The van der Waals surface area contributed by atoms with Crippen molar-refractivity contribution in [2.45, 2.75) is 18.9 Å². The van der Waals surface area contributed by atoms with Gasteiger partial charge in [0.1, 0.15) is 5.82 Å². The number of nitriles is 1. The van der Waals surface area contributed by atoms with Gasteiger partial charge in [-0.05, 0) is 48.7 Å². The van der Waals surface area contributed by atoms with Gasteiger partial charge in [0.15, 0.2) is 5.69 Å². The van der Waals surface area contributed by atoms with E-state index in [1.165, 1.54) is 12.1 Å². The highest BCUT2D eigenvalue weighted by atomic mass is 19.1. The van der Waals surface area contributed by atoms with Crippen LogP contribution in [0.2, 0.25) is 0 Å². The van der Waals surface area contributed by atoms with Crippen LogP contribution in [0.25, 0.3) is 22.0 Å². The van der Waals surface area contributed by atoms with Crippen LogP contribution in [-0.2, 0) is 0 Å². The maximum absolute atomic E-state index is 14.6. The van der Waals surface area contributed by atoms with Gasteiger partial charge in [0.05, 0.1) is 40.4 Å². The Kier molecular flexibility index (Phi) is 6.19. The highest BCUT2D eigenvalue weighted by Crippen LogP contribution is 2.31. The maximum Gasteiger partial charge on any atom is 0.276 e. The second kappa shape index (κ2) is 9.60. The molecular formula is C27H24FN7O. The third-order valence-corrected chi connectivity index (χ3v) is 6.33. The topological polar surface area (TPSA) is 134 Å². The molecule has 0 aliphatic carbocycles. The van der Waals surface area contributed by atoms with Crippen LogP contribution < -0.4 is 21.7 Å². The van der Waals surface area contributed by atoms with Gasteiger partial charge in [0.25, 0.3) is 5.91 Å². The molecule has 1 fully saturated rings. The molecule has 0 unspecified atom stereocenters. The van der Waals surface area contributed by atoms with Crippen molar-refractivity contribution < 1.29 is 9.18 Å². The molecule has 0 radical (unpaired) electrons. The number of halogens is 1. The van der Waals surface area contributed by atoms with Crippen LogP contribution in [0.15, 0.2) is 60.9 Å².